The first-order valence-electron chi connectivity index (χ1n) is 7.97. The van der Waals surface area contributed by atoms with Crippen LogP contribution < -0.4 is 15.8 Å². The summed E-state index contributed by atoms with van der Waals surface area (Å²) in [5.74, 6) is 0.742. The number of nitrogens with zero attached hydrogens (tertiary/aromatic N) is 4. The van der Waals surface area contributed by atoms with Crippen LogP contribution in [0.25, 0.3) is 5.69 Å². The van der Waals surface area contributed by atoms with Gasteiger partial charge in [-0.1, -0.05) is 17.7 Å². The zero-order valence-corrected chi connectivity index (χ0v) is 13.9. The van der Waals surface area contributed by atoms with Gasteiger partial charge in [-0.05, 0) is 25.1 Å². The molecule has 0 bridgehead atoms. The summed E-state index contributed by atoms with van der Waals surface area (Å²) in [6, 6.07) is 10.9. The molecule has 126 valence electrons. The predicted octanol–water partition coefficient (Wildman–Crippen LogP) is 1.00. The van der Waals surface area contributed by atoms with Crippen LogP contribution >= 0.6 is 0 Å². The Bertz CT molecular complexity index is 776. The van der Waals surface area contributed by atoms with Crippen LogP contribution in [0.4, 0.5) is 10.6 Å². The third kappa shape index (κ3) is 3.24. The van der Waals surface area contributed by atoms with Crippen LogP contribution in [-0.4, -0.2) is 53.9 Å². The third-order valence-electron chi connectivity index (χ3n) is 4.17. The molecule has 1 aromatic carbocycles. The van der Waals surface area contributed by atoms with Crippen molar-refractivity contribution in [2.45, 2.75) is 6.92 Å². The molecule has 0 atom stereocenters. The quantitative estimate of drug-likeness (QED) is 0.893. The first-order chi connectivity index (χ1) is 11.6. The van der Waals surface area contributed by atoms with E-state index in [0.29, 0.717) is 26.2 Å². The molecule has 3 rings (SSSR count). The Labute approximate surface area is 140 Å². The van der Waals surface area contributed by atoms with E-state index >= 15 is 0 Å². The van der Waals surface area contributed by atoms with Gasteiger partial charge in [-0.25, -0.2) is 4.79 Å². The molecule has 2 heterocycles. The second-order valence-corrected chi connectivity index (χ2v) is 5.81. The van der Waals surface area contributed by atoms with Gasteiger partial charge >= 0.3 is 6.03 Å². The zero-order chi connectivity index (χ0) is 17.1. The summed E-state index contributed by atoms with van der Waals surface area (Å²) in [4.78, 5) is 27.7. The van der Waals surface area contributed by atoms with Crippen molar-refractivity contribution < 1.29 is 4.79 Å². The van der Waals surface area contributed by atoms with Crippen LogP contribution in [0.5, 0.6) is 0 Å². The number of amides is 2. The Hall–Kier alpha value is -2.83. The van der Waals surface area contributed by atoms with Crippen molar-refractivity contribution >= 4 is 11.8 Å². The highest BCUT2D eigenvalue weighted by molar-refractivity contribution is 5.74. The van der Waals surface area contributed by atoms with Crippen LogP contribution in [0.2, 0.25) is 0 Å². The van der Waals surface area contributed by atoms with Crippen molar-refractivity contribution in [3.8, 4) is 5.69 Å². The number of anilines is 1. The van der Waals surface area contributed by atoms with Gasteiger partial charge in [-0.3, -0.25) is 4.79 Å². The summed E-state index contributed by atoms with van der Waals surface area (Å²) in [7, 11) is 1.63. The zero-order valence-electron chi connectivity index (χ0n) is 13.9. The highest BCUT2D eigenvalue weighted by Crippen LogP contribution is 2.13. The minimum Gasteiger partial charge on any atom is -0.352 e. The molecule has 0 spiro atoms. The first kappa shape index (κ1) is 16.0. The molecule has 0 aliphatic carbocycles. The molecule has 1 saturated heterocycles. The van der Waals surface area contributed by atoms with Gasteiger partial charge in [0.1, 0.15) is 5.82 Å². The van der Waals surface area contributed by atoms with Crippen molar-refractivity contribution in [3.05, 3.63) is 52.3 Å². The lowest BCUT2D eigenvalue weighted by atomic mass is 10.2. The molecule has 1 aromatic heterocycles. The third-order valence-corrected chi connectivity index (χ3v) is 4.17. The molecule has 1 aliphatic rings. The number of aryl methyl sites for hydroxylation is 1. The fourth-order valence-electron chi connectivity index (χ4n) is 2.74. The van der Waals surface area contributed by atoms with Crippen molar-refractivity contribution in [1.29, 1.82) is 0 Å². The van der Waals surface area contributed by atoms with Crippen molar-refractivity contribution in [2.75, 3.05) is 38.1 Å². The lowest BCUT2D eigenvalue weighted by molar-refractivity contribution is 0.196. The van der Waals surface area contributed by atoms with E-state index in [1.54, 1.807) is 18.0 Å². The summed E-state index contributed by atoms with van der Waals surface area (Å²) in [5.41, 5.74) is 1.72. The standard InChI is InChI=1S/C17H21N5O2/c1-13-3-5-14(6-4-13)22-16(23)8-7-15(19-22)20-9-11-21(12-10-20)17(24)18-2/h3-8H,9-12H2,1-2H3,(H,18,24). The van der Waals surface area contributed by atoms with E-state index in [1.165, 1.54) is 10.7 Å². The van der Waals surface area contributed by atoms with Crippen LogP contribution in [0.3, 0.4) is 0 Å². The Morgan fingerprint density at radius 3 is 2.33 bits per heavy atom. The number of hydrogen-bond acceptors (Lipinski definition) is 4. The van der Waals surface area contributed by atoms with Gasteiger partial charge in [0.15, 0.2) is 0 Å². The van der Waals surface area contributed by atoms with Gasteiger partial charge in [-0.2, -0.15) is 4.68 Å². The summed E-state index contributed by atoms with van der Waals surface area (Å²) in [6.07, 6.45) is 0. The van der Waals surface area contributed by atoms with Gasteiger partial charge in [0, 0.05) is 39.3 Å². The van der Waals surface area contributed by atoms with E-state index in [1.807, 2.05) is 31.2 Å². The Balaban J connectivity index is 1.81. The Morgan fingerprint density at radius 1 is 1.04 bits per heavy atom. The number of carbonyl (C=O) groups excluding carboxylic acids is 1. The molecule has 1 N–H and O–H groups in total. The highest BCUT2D eigenvalue weighted by Gasteiger charge is 2.21. The van der Waals surface area contributed by atoms with E-state index < -0.39 is 0 Å². The molecule has 0 unspecified atom stereocenters. The Kier molecular flexibility index (Phi) is 4.50. The molecule has 1 aliphatic heterocycles. The summed E-state index contributed by atoms with van der Waals surface area (Å²) < 4.78 is 1.42. The van der Waals surface area contributed by atoms with E-state index in [2.05, 4.69) is 15.3 Å². The average molecular weight is 327 g/mol. The maximum atomic E-state index is 12.1. The molecule has 0 radical (unpaired) electrons. The molecule has 2 amide bonds. The molecule has 2 aromatic rings. The number of aromatic nitrogens is 2. The lowest BCUT2D eigenvalue weighted by Crippen LogP contribution is -2.51. The van der Waals surface area contributed by atoms with Gasteiger partial charge in [0.25, 0.3) is 5.56 Å². The van der Waals surface area contributed by atoms with Crippen LogP contribution in [-0.2, 0) is 0 Å². The number of rotatable bonds is 2. The SMILES string of the molecule is CNC(=O)N1CCN(c2ccc(=O)n(-c3ccc(C)cc3)n2)CC1. The molecule has 7 nitrogen and oxygen atoms in total. The molecule has 24 heavy (non-hydrogen) atoms. The monoisotopic (exact) mass is 327 g/mol. The summed E-state index contributed by atoms with van der Waals surface area (Å²) in [5, 5.41) is 7.14. The lowest BCUT2D eigenvalue weighted by Gasteiger charge is -2.35. The van der Waals surface area contributed by atoms with Gasteiger partial charge < -0.3 is 15.1 Å². The van der Waals surface area contributed by atoms with Crippen LogP contribution in [0.15, 0.2) is 41.2 Å². The number of nitrogens with one attached hydrogen (secondary N) is 1. The largest absolute Gasteiger partial charge is 0.352 e. The van der Waals surface area contributed by atoms with Crippen molar-refractivity contribution in [3.63, 3.8) is 0 Å². The number of hydrogen-bond donors (Lipinski definition) is 1. The number of carbonyl (C=O) groups is 1. The smallest absolute Gasteiger partial charge is 0.317 e. The number of urea groups is 1. The number of benzene rings is 1. The van der Waals surface area contributed by atoms with Gasteiger partial charge in [0.2, 0.25) is 0 Å². The minimum absolute atomic E-state index is 0.0627. The molecule has 1 fully saturated rings. The highest BCUT2D eigenvalue weighted by atomic mass is 16.2. The normalized spacial score (nSPS) is 14.6. The van der Waals surface area contributed by atoms with Crippen molar-refractivity contribution in [2.24, 2.45) is 0 Å². The fourth-order valence-corrected chi connectivity index (χ4v) is 2.74. The predicted molar refractivity (Wildman–Crippen MR) is 92.8 cm³/mol. The molecular weight excluding hydrogens is 306 g/mol. The molecule has 0 saturated carbocycles. The minimum atomic E-state index is -0.161. The first-order valence-corrected chi connectivity index (χ1v) is 7.97. The van der Waals surface area contributed by atoms with E-state index in [0.717, 1.165) is 17.1 Å². The second-order valence-electron chi connectivity index (χ2n) is 5.81. The topological polar surface area (TPSA) is 70.5 Å². The van der Waals surface area contributed by atoms with E-state index in [9.17, 15) is 9.59 Å². The van der Waals surface area contributed by atoms with Crippen LogP contribution in [0.1, 0.15) is 5.56 Å². The fraction of sp³-hybridized carbons (Fsp3) is 0.353. The second kappa shape index (κ2) is 6.74. The maximum absolute atomic E-state index is 12.1. The van der Waals surface area contributed by atoms with E-state index in [-0.39, 0.29) is 11.6 Å². The summed E-state index contributed by atoms with van der Waals surface area (Å²) in [6.45, 7) is 4.64. The average Bonchev–Trinajstić information content (AvgIpc) is 2.62. The number of piperazine rings is 1. The van der Waals surface area contributed by atoms with Gasteiger partial charge in [0.05, 0.1) is 5.69 Å². The van der Waals surface area contributed by atoms with Crippen LogP contribution in [0, 0.1) is 6.92 Å². The van der Waals surface area contributed by atoms with E-state index in [4.69, 9.17) is 0 Å². The summed E-state index contributed by atoms with van der Waals surface area (Å²) >= 11 is 0. The maximum Gasteiger partial charge on any atom is 0.317 e. The Morgan fingerprint density at radius 2 is 1.71 bits per heavy atom. The molecule has 7 heteroatoms. The molecular formula is C17H21N5O2. The van der Waals surface area contributed by atoms with Crippen molar-refractivity contribution in [1.82, 2.24) is 20.0 Å². The van der Waals surface area contributed by atoms with Gasteiger partial charge in [-0.15, -0.1) is 5.10 Å².